The van der Waals surface area contributed by atoms with Gasteiger partial charge in [-0.1, -0.05) is 27.5 Å². The lowest BCUT2D eigenvalue weighted by molar-refractivity contribution is 0.606. The maximum absolute atomic E-state index is 11.2. The molecule has 0 aliphatic rings. The number of sulfonamides is 1. The largest absolute Gasteiger partial charge is 0.283 e. The zero-order chi connectivity index (χ0) is 10.8. The normalized spacial score (nSPS) is 11.4. The highest BCUT2D eigenvalue weighted by molar-refractivity contribution is 9.10. The summed E-state index contributed by atoms with van der Waals surface area (Å²) in [4.78, 5) is 0. The average molecular weight is 299 g/mol. The van der Waals surface area contributed by atoms with Gasteiger partial charge in [0.15, 0.2) is 0 Å². The molecule has 6 heteroatoms. The average Bonchev–Trinajstić information content (AvgIpc) is 2.10. The molecule has 78 valence electrons. The first-order valence-corrected chi connectivity index (χ1v) is 6.92. The van der Waals surface area contributed by atoms with Crippen molar-refractivity contribution in [2.75, 3.05) is 9.38 Å². The van der Waals surface area contributed by atoms with Crippen LogP contribution in [0, 0.1) is 6.92 Å². The summed E-state index contributed by atoms with van der Waals surface area (Å²) < 4.78 is 24.7. The van der Waals surface area contributed by atoms with Crippen molar-refractivity contribution in [3.63, 3.8) is 0 Å². The van der Waals surface area contributed by atoms with Crippen molar-refractivity contribution in [3.8, 4) is 0 Å². The lowest BCUT2D eigenvalue weighted by Gasteiger charge is -2.08. The quantitative estimate of drug-likeness (QED) is 0.872. The van der Waals surface area contributed by atoms with E-state index in [1.807, 2.05) is 0 Å². The summed E-state index contributed by atoms with van der Waals surface area (Å²) in [5.74, 6) is 0. The third-order valence-corrected chi connectivity index (χ3v) is 4.46. The predicted molar refractivity (Wildman–Crippen MR) is 62.5 cm³/mol. The molecule has 14 heavy (non-hydrogen) atoms. The standard InChI is InChI=1S/C8H9BrClNO2S/c1-6-4-7(10)2-3-8(6)11-14(12,13)5-9/h2-4,11H,5H2,1H3. The Morgan fingerprint density at radius 1 is 1.50 bits per heavy atom. The van der Waals surface area contributed by atoms with Crippen LogP contribution in [0.1, 0.15) is 5.56 Å². The SMILES string of the molecule is Cc1cc(Cl)ccc1NS(=O)(=O)CBr. The lowest BCUT2D eigenvalue weighted by atomic mass is 10.2. The van der Waals surface area contributed by atoms with E-state index in [-0.39, 0.29) is 4.66 Å². The van der Waals surface area contributed by atoms with Gasteiger partial charge in [0.1, 0.15) is 4.66 Å². The topological polar surface area (TPSA) is 46.2 Å². The van der Waals surface area contributed by atoms with Gasteiger partial charge in [-0.05, 0) is 30.7 Å². The highest BCUT2D eigenvalue weighted by Gasteiger charge is 2.09. The zero-order valence-corrected chi connectivity index (χ0v) is 10.6. The molecule has 0 saturated carbocycles. The van der Waals surface area contributed by atoms with Gasteiger partial charge in [0, 0.05) is 5.02 Å². The van der Waals surface area contributed by atoms with Crippen LogP contribution in [0.25, 0.3) is 0 Å². The van der Waals surface area contributed by atoms with Crippen LogP contribution in [0.4, 0.5) is 5.69 Å². The van der Waals surface area contributed by atoms with Gasteiger partial charge in [-0.3, -0.25) is 4.72 Å². The molecule has 0 radical (unpaired) electrons. The molecule has 1 N–H and O–H groups in total. The van der Waals surface area contributed by atoms with E-state index in [4.69, 9.17) is 11.6 Å². The first-order chi connectivity index (χ1) is 6.44. The van der Waals surface area contributed by atoms with Crippen molar-refractivity contribution < 1.29 is 8.42 Å². The molecule has 0 aliphatic carbocycles. The van der Waals surface area contributed by atoms with Gasteiger partial charge in [-0.25, -0.2) is 8.42 Å². The van der Waals surface area contributed by atoms with Crippen LogP contribution >= 0.6 is 27.5 Å². The Morgan fingerprint density at radius 3 is 2.64 bits per heavy atom. The van der Waals surface area contributed by atoms with Crippen LogP contribution in [-0.2, 0) is 10.0 Å². The van der Waals surface area contributed by atoms with E-state index in [0.717, 1.165) is 5.56 Å². The molecule has 0 heterocycles. The number of aryl methyl sites for hydroxylation is 1. The second kappa shape index (κ2) is 4.51. The second-order valence-electron chi connectivity index (χ2n) is 2.79. The number of alkyl halides is 1. The van der Waals surface area contributed by atoms with E-state index in [9.17, 15) is 8.42 Å². The Balaban J connectivity index is 2.99. The summed E-state index contributed by atoms with van der Waals surface area (Å²) in [6.45, 7) is 1.79. The molecule has 0 saturated heterocycles. The molecule has 1 aromatic carbocycles. The van der Waals surface area contributed by atoms with Crippen molar-refractivity contribution >= 4 is 43.2 Å². The van der Waals surface area contributed by atoms with Crippen LogP contribution in [0.3, 0.4) is 0 Å². The lowest BCUT2D eigenvalue weighted by Crippen LogP contribution is -2.13. The van der Waals surface area contributed by atoms with Crippen LogP contribution in [-0.4, -0.2) is 13.1 Å². The van der Waals surface area contributed by atoms with Crippen LogP contribution < -0.4 is 4.72 Å². The molecular formula is C8H9BrClNO2S. The van der Waals surface area contributed by atoms with Gasteiger partial charge < -0.3 is 0 Å². The van der Waals surface area contributed by atoms with Crippen molar-refractivity contribution in [3.05, 3.63) is 28.8 Å². The first-order valence-electron chi connectivity index (χ1n) is 3.77. The maximum Gasteiger partial charge on any atom is 0.242 e. The van der Waals surface area contributed by atoms with E-state index in [2.05, 4.69) is 20.7 Å². The van der Waals surface area contributed by atoms with Crippen LogP contribution in [0.2, 0.25) is 5.02 Å². The predicted octanol–water partition coefficient (Wildman–Crippen LogP) is 2.74. The number of hydrogen-bond acceptors (Lipinski definition) is 2. The molecule has 0 amide bonds. The van der Waals surface area contributed by atoms with Crippen molar-refractivity contribution in [1.82, 2.24) is 0 Å². The molecule has 3 nitrogen and oxygen atoms in total. The van der Waals surface area contributed by atoms with Crippen molar-refractivity contribution in [2.24, 2.45) is 0 Å². The summed E-state index contributed by atoms with van der Waals surface area (Å²) in [5.41, 5.74) is 1.34. The molecule has 0 unspecified atom stereocenters. The number of nitrogens with one attached hydrogen (secondary N) is 1. The van der Waals surface area contributed by atoms with Gasteiger partial charge in [0.05, 0.1) is 5.69 Å². The number of benzene rings is 1. The highest BCUT2D eigenvalue weighted by atomic mass is 79.9. The van der Waals surface area contributed by atoms with Gasteiger partial charge in [-0.2, -0.15) is 0 Å². The van der Waals surface area contributed by atoms with Crippen molar-refractivity contribution in [1.29, 1.82) is 0 Å². The van der Waals surface area contributed by atoms with Crippen molar-refractivity contribution in [2.45, 2.75) is 6.92 Å². The van der Waals surface area contributed by atoms with Crippen LogP contribution in [0.5, 0.6) is 0 Å². The maximum atomic E-state index is 11.2. The first kappa shape index (κ1) is 11.8. The summed E-state index contributed by atoms with van der Waals surface area (Å²) >= 11 is 8.63. The third kappa shape index (κ3) is 3.15. The third-order valence-electron chi connectivity index (χ3n) is 1.60. The number of halogens is 2. The smallest absolute Gasteiger partial charge is 0.242 e. The molecule has 0 fully saturated rings. The van der Waals surface area contributed by atoms with Gasteiger partial charge in [0.25, 0.3) is 0 Å². The Kier molecular flexibility index (Phi) is 3.80. The Hall–Kier alpha value is -0.260. The zero-order valence-electron chi connectivity index (χ0n) is 7.42. The van der Waals surface area contributed by atoms with Gasteiger partial charge in [-0.15, -0.1) is 0 Å². The fraction of sp³-hybridized carbons (Fsp3) is 0.250. The summed E-state index contributed by atoms with van der Waals surface area (Å²) in [5, 5.41) is 0.587. The molecule has 0 atom stereocenters. The minimum Gasteiger partial charge on any atom is -0.283 e. The Morgan fingerprint density at radius 2 is 2.14 bits per heavy atom. The molecule has 0 spiro atoms. The van der Waals surface area contributed by atoms with Crippen LogP contribution in [0.15, 0.2) is 18.2 Å². The fourth-order valence-corrected chi connectivity index (χ4v) is 2.13. The van der Waals surface area contributed by atoms with E-state index in [0.29, 0.717) is 10.7 Å². The van der Waals surface area contributed by atoms with E-state index in [1.165, 1.54) is 0 Å². The number of rotatable bonds is 3. The number of hydrogen-bond donors (Lipinski definition) is 1. The molecule has 1 rings (SSSR count). The minimum atomic E-state index is -3.28. The molecule has 1 aromatic rings. The molecule has 0 bridgehead atoms. The van der Waals surface area contributed by atoms with Gasteiger partial charge >= 0.3 is 0 Å². The highest BCUT2D eigenvalue weighted by Crippen LogP contribution is 2.20. The Labute approximate surface area is 96.6 Å². The fourth-order valence-electron chi connectivity index (χ4n) is 0.936. The summed E-state index contributed by atoms with van der Waals surface area (Å²) in [6.07, 6.45) is 0. The summed E-state index contributed by atoms with van der Waals surface area (Å²) in [7, 11) is -3.28. The van der Waals surface area contributed by atoms with E-state index in [1.54, 1.807) is 25.1 Å². The van der Waals surface area contributed by atoms with E-state index >= 15 is 0 Å². The number of anilines is 1. The van der Waals surface area contributed by atoms with E-state index < -0.39 is 10.0 Å². The Bertz CT molecular complexity index is 433. The second-order valence-corrected chi connectivity index (χ2v) is 6.25. The minimum absolute atomic E-state index is 0.123. The molecule has 0 aromatic heterocycles. The molecular weight excluding hydrogens is 290 g/mol. The summed E-state index contributed by atoms with van der Waals surface area (Å²) in [6, 6.07) is 4.98. The van der Waals surface area contributed by atoms with Gasteiger partial charge in [0.2, 0.25) is 10.0 Å². The monoisotopic (exact) mass is 297 g/mol. The molecule has 0 aliphatic heterocycles.